The number of benzene rings is 1. The van der Waals surface area contributed by atoms with Crippen molar-refractivity contribution in [1.82, 2.24) is 0 Å². The fourth-order valence-corrected chi connectivity index (χ4v) is 2.04. The molecular formula is C9H8Cl2OS. The maximum absolute atomic E-state index is 10.6. The van der Waals surface area contributed by atoms with Gasteiger partial charge in [0.05, 0.1) is 0 Å². The lowest BCUT2D eigenvalue weighted by molar-refractivity contribution is 0.276. The standard InChI is InChI=1S/C9H8Cl2OS/c1-6(13-9(11)12)7-2-4-8(10)5-3-7/h2-6H,1H3. The Morgan fingerprint density at radius 3 is 2.38 bits per heavy atom. The number of halogens is 2. The van der Waals surface area contributed by atoms with Gasteiger partial charge in [0.25, 0.3) is 4.57 Å². The molecule has 0 saturated carbocycles. The van der Waals surface area contributed by atoms with Crippen LogP contribution in [0.25, 0.3) is 0 Å². The van der Waals surface area contributed by atoms with Gasteiger partial charge in [-0.25, -0.2) is 0 Å². The quantitative estimate of drug-likeness (QED) is 0.702. The molecule has 0 N–H and O–H groups in total. The lowest BCUT2D eigenvalue weighted by Gasteiger charge is -2.07. The molecule has 0 radical (unpaired) electrons. The summed E-state index contributed by atoms with van der Waals surface area (Å²) in [6, 6.07) is 7.37. The minimum Gasteiger partial charge on any atom is -0.268 e. The topological polar surface area (TPSA) is 17.1 Å². The van der Waals surface area contributed by atoms with E-state index in [4.69, 9.17) is 23.2 Å². The Morgan fingerprint density at radius 1 is 1.38 bits per heavy atom. The Morgan fingerprint density at radius 2 is 1.92 bits per heavy atom. The summed E-state index contributed by atoms with van der Waals surface area (Å²) >= 11 is 12.1. The fourth-order valence-electron chi connectivity index (χ4n) is 0.941. The van der Waals surface area contributed by atoms with E-state index < -0.39 is 0 Å². The van der Waals surface area contributed by atoms with Crippen LogP contribution in [0, 0.1) is 0 Å². The third-order valence-corrected chi connectivity index (χ3v) is 2.94. The van der Waals surface area contributed by atoms with Gasteiger partial charge in [0.15, 0.2) is 0 Å². The molecule has 1 atom stereocenters. The van der Waals surface area contributed by atoms with Gasteiger partial charge in [-0.2, -0.15) is 0 Å². The van der Waals surface area contributed by atoms with Crippen molar-refractivity contribution >= 4 is 39.5 Å². The van der Waals surface area contributed by atoms with Crippen molar-refractivity contribution in [2.75, 3.05) is 0 Å². The highest BCUT2D eigenvalue weighted by Gasteiger charge is 2.09. The summed E-state index contributed by atoms with van der Waals surface area (Å²) in [6.07, 6.45) is 0. The van der Waals surface area contributed by atoms with E-state index in [1.54, 1.807) is 12.1 Å². The van der Waals surface area contributed by atoms with Crippen LogP contribution in [0.4, 0.5) is 4.79 Å². The summed E-state index contributed by atoms with van der Waals surface area (Å²) < 4.78 is -0.387. The van der Waals surface area contributed by atoms with Gasteiger partial charge in [-0.3, -0.25) is 4.79 Å². The number of hydrogen-bond donors (Lipinski definition) is 0. The zero-order valence-electron chi connectivity index (χ0n) is 6.96. The third kappa shape index (κ3) is 3.59. The molecule has 1 unspecified atom stereocenters. The van der Waals surface area contributed by atoms with Crippen molar-refractivity contribution in [3.05, 3.63) is 34.9 Å². The second kappa shape index (κ2) is 4.89. The van der Waals surface area contributed by atoms with Crippen LogP contribution < -0.4 is 0 Å². The van der Waals surface area contributed by atoms with Crippen molar-refractivity contribution in [3.8, 4) is 0 Å². The first-order valence-corrected chi connectivity index (χ1v) is 5.34. The van der Waals surface area contributed by atoms with E-state index in [1.807, 2.05) is 19.1 Å². The van der Waals surface area contributed by atoms with E-state index in [9.17, 15) is 4.79 Å². The molecule has 13 heavy (non-hydrogen) atoms. The zero-order chi connectivity index (χ0) is 9.84. The highest BCUT2D eigenvalue weighted by Crippen LogP contribution is 2.30. The van der Waals surface area contributed by atoms with Crippen molar-refractivity contribution in [3.63, 3.8) is 0 Å². The molecule has 1 nitrogen and oxygen atoms in total. The first kappa shape index (κ1) is 10.9. The summed E-state index contributed by atoms with van der Waals surface area (Å²) in [5.41, 5.74) is 1.04. The van der Waals surface area contributed by atoms with Crippen LogP contribution in [-0.4, -0.2) is 4.57 Å². The van der Waals surface area contributed by atoms with Crippen molar-refractivity contribution < 1.29 is 4.79 Å². The Kier molecular flexibility index (Phi) is 4.10. The van der Waals surface area contributed by atoms with Crippen LogP contribution in [0.15, 0.2) is 24.3 Å². The smallest absolute Gasteiger partial charge is 0.268 e. The number of thioether (sulfide) groups is 1. The van der Waals surface area contributed by atoms with Crippen LogP contribution in [0.1, 0.15) is 17.7 Å². The number of hydrogen-bond acceptors (Lipinski definition) is 2. The third-order valence-electron chi connectivity index (χ3n) is 1.61. The molecule has 0 bridgehead atoms. The average Bonchev–Trinajstić information content (AvgIpc) is 2.04. The highest BCUT2D eigenvalue weighted by molar-refractivity contribution is 8.16. The molecule has 0 aliphatic rings. The second-order valence-corrected chi connectivity index (χ2v) is 4.87. The maximum atomic E-state index is 10.6. The van der Waals surface area contributed by atoms with E-state index >= 15 is 0 Å². The minimum atomic E-state index is -0.387. The molecule has 1 aromatic rings. The Bertz CT molecular complexity index is 297. The van der Waals surface area contributed by atoms with Gasteiger partial charge in [-0.1, -0.05) is 35.5 Å². The van der Waals surface area contributed by atoms with Crippen molar-refractivity contribution in [1.29, 1.82) is 0 Å². The zero-order valence-corrected chi connectivity index (χ0v) is 9.29. The van der Waals surface area contributed by atoms with Crippen LogP contribution >= 0.6 is 35.0 Å². The van der Waals surface area contributed by atoms with Crippen LogP contribution in [0.2, 0.25) is 5.02 Å². The molecule has 1 rings (SSSR count). The average molecular weight is 235 g/mol. The number of carbonyl (C=O) groups is 1. The normalized spacial score (nSPS) is 12.5. The summed E-state index contributed by atoms with van der Waals surface area (Å²) in [6.45, 7) is 1.92. The van der Waals surface area contributed by atoms with Gasteiger partial charge >= 0.3 is 0 Å². The summed E-state index contributed by atoms with van der Waals surface area (Å²) in [5, 5.41) is 0.764. The van der Waals surface area contributed by atoms with E-state index in [2.05, 4.69) is 0 Å². The van der Waals surface area contributed by atoms with Gasteiger partial charge in [-0.05, 0) is 36.2 Å². The number of carbonyl (C=O) groups excluding carboxylic acids is 1. The Balaban J connectivity index is 2.71. The molecule has 70 valence electrons. The molecule has 1 aromatic carbocycles. The van der Waals surface area contributed by atoms with Gasteiger partial charge < -0.3 is 0 Å². The predicted molar refractivity (Wildman–Crippen MR) is 58.7 cm³/mol. The SMILES string of the molecule is CC(SC(=O)Cl)c1ccc(Cl)cc1. The molecule has 0 spiro atoms. The van der Waals surface area contributed by atoms with Gasteiger partial charge in [0.2, 0.25) is 0 Å². The molecule has 0 saturated heterocycles. The Labute approximate surface area is 91.4 Å². The monoisotopic (exact) mass is 234 g/mol. The predicted octanol–water partition coefficient (Wildman–Crippen LogP) is 4.49. The van der Waals surface area contributed by atoms with Crippen molar-refractivity contribution in [2.45, 2.75) is 12.2 Å². The van der Waals surface area contributed by atoms with Gasteiger partial charge in [-0.15, -0.1) is 0 Å². The van der Waals surface area contributed by atoms with Crippen LogP contribution in [0.3, 0.4) is 0 Å². The molecule has 0 aromatic heterocycles. The summed E-state index contributed by atoms with van der Waals surface area (Å²) in [7, 11) is 0. The van der Waals surface area contributed by atoms with E-state index in [0.717, 1.165) is 17.3 Å². The lowest BCUT2D eigenvalue weighted by atomic mass is 10.2. The molecular weight excluding hydrogens is 227 g/mol. The van der Waals surface area contributed by atoms with E-state index in [-0.39, 0.29) is 9.82 Å². The minimum absolute atomic E-state index is 0.0715. The fraction of sp³-hybridized carbons (Fsp3) is 0.222. The van der Waals surface area contributed by atoms with Crippen molar-refractivity contribution in [2.24, 2.45) is 0 Å². The molecule has 0 amide bonds. The van der Waals surface area contributed by atoms with Gasteiger partial charge in [0, 0.05) is 10.3 Å². The highest BCUT2D eigenvalue weighted by atomic mass is 35.5. The van der Waals surface area contributed by atoms with Crippen LogP contribution in [-0.2, 0) is 0 Å². The first-order valence-electron chi connectivity index (χ1n) is 3.71. The van der Waals surface area contributed by atoms with Gasteiger partial charge in [0.1, 0.15) is 0 Å². The van der Waals surface area contributed by atoms with E-state index in [1.165, 1.54) is 0 Å². The largest absolute Gasteiger partial charge is 0.280 e. The lowest BCUT2D eigenvalue weighted by Crippen LogP contribution is -1.89. The second-order valence-electron chi connectivity index (χ2n) is 2.55. The molecule has 4 heteroatoms. The molecule has 0 aliphatic carbocycles. The summed E-state index contributed by atoms with van der Waals surface area (Å²) in [4.78, 5) is 10.6. The first-order chi connectivity index (χ1) is 6.09. The van der Waals surface area contributed by atoms with E-state index in [0.29, 0.717) is 5.02 Å². The summed E-state index contributed by atoms with van der Waals surface area (Å²) in [5.74, 6) is 0. The van der Waals surface area contributed by atoms with Crippen LogP contribution in [0.5, 0.6) is 0 Å². The molecule has 0 heterocycles. The Hall–Kier alpha value is -0.180. The molecule has 0 fully saturated rings. The number of rotatable bonds is 2. The maximum Gasteiger partial charge on any atom is 0.280 e. The molecule has 0 aliphatic heterocycles.